The number of carbonyl (C=O) groups is 2. The number of sulfonamides is 1. The second kappa shape index (κ2) is 9.15. The summed E-state index contributed by atoms with van der Waals surface area (Å²) >= 11 is 0. The van der Waals surface area contributed by atoms with Crippen LogP contribution in [0.15, 0.2) is 47.4 Å². The third-order valence-electron chi connectivity index (χ3n) is 6.15. The van der Waals surface area contributed by atoms with Crippen molar-refractivity contribution in [1.82, 2.24) is 4.31 Å². The van der Waals surface area contributed by atoms with Crippen LogP contribution in [0.2, 0.25) is 0 Å². The Labute approximate surface area is 194 Å². The molecule has 8 nitrogen and oxygen atoms in total. The van der Waals surface area contributed by atoms with Crippen LogP contribution in [0.4, 0.5) is 11.4 Å². The number of nitrogens with zero attached hydrogens (tertiary/aromatic N) is 2. The van der Waals surface area contributed by atoms with Crippen molar-refractivity contribution in [2.24, 2.45) is 0 Å². The SMILES string of the molecule is CCOc1ccc(NC(=O)[C@H]2CCCN2S(=O)(=O)c2ccc3c(c2)C[C@@H](C)N3C(C)=O)cc1. The lowest BCUT2D eigenvalue weighted by Gasteiger charge is -2.24. The van der Waals surface area contributed by atoms with Gasteiger partial charge < -0.3 is 15.0 Å². The first-order chi connectivity index (χ1) is 15.7. The van der Waals surface area contributed by atoms with E-state index in [1.54, 1.807) is 41.3 Å². The molecule has 2 atom stereocenters. The molecular weight excluding hydrogens is 442 g/mol. The smallest absolute Gasteiger partial charge is 0.243 e. The Hall–Kier alpha value is -2.91. The topological polar surface area (TPSA) is 96.0 Å². The van der Waals surface area contributed by atoms with Crippen LogP contribution in [0.25, 0.3) is 0 Å². The summed E-state index contributed by atoms with van der Waals surface area (Å²) in [5.74, 6) is 0.287. The summed E-state index contributed by atoms with van der Waals surface area (Å²) in [5.41, 5.74) is 2.16. The van der Waals surface area contributed by atoms with Gasteiger partial charge in [-0.3, -0.25) is 9.59 Å². The van der Waals surface area contributed by atoms with E-state index in [9.17, 15) is 18.0 Å². The van der Waals surface area contributed by atoms with Crippen molar-refractivity contribution in [3.63, 3.8) is 0 Å². The summed E-state index contributed by atoms with van der Waals surface area (Å²) in [5, 5.41) is 2.83. The molecule has 0 saturated carbocycles. The number of hydrogen-bond acceptors (Lipinski definition) is 5. The molecular formula is C24H29N3O5S. The minimum atomic E-state index is -3.87. The predicted octanol–water partition coefficient (Wildman–Crippen LogP) is 3.17. The normalized spacial score (nSPS) is 20.5. The van der Waals surface area contributed by atoms with E-state index in [0.29, 0.717) is 37.3 Å². The van der Waals surface area contributed by atoms with Crippen molar-refractivity contribution < 1.29 is 22.7 Å². The highest BCUT2D eigenvalue weighted by Crippen LogP contribution is 2.35. The summed E-state index contributed by atoms with van der Waals surface area (Å²) in [4.78, 5) is 26.8. The van der Waals surface area contributed by atoms with E-state index < -0.39 is 16.1 Å². The summed E-state index contributed by atoms with van der Waals surface area (Å²) in [6, 6.07) is 11.1. The van der Waals surface area contributed by atoms with E-state index in [1.165, 1.54) is 17.3 Å². The molecule has 0 aromatic heterocycles. The number of amides is 2. The molecule has 0 radical (unpaired) electrons. The first kappa shape index (κ1) is 23.3. The Morgan fingerprint density at radius 3 is 2.55 bits per heavy atom. The quantitative estimate of drug-likeness (QED) is 0.698. The number of carbonyl (C=O) groups excluding carboxylic acids is 2. The minimum absolute atomic E-state index is 0.0186. The number of ether oxygens (including phenoxy) is 1. The van der Waals surface area contributed by atoms with Crippen LogP contribution in [0, 0.1) is 0 Å². The van der Waals surface area contributed by atoms with Crippen LogP contribution in [0.5, 0.6) is 5.75 Å². The second-order valence-corrected chi connectivity index (χ2v) is 10.3. The van der Waals surface area contributed by atoms with Crippen molar-refractivity contribution in [2.45, 2.75) is 57.0 Å². The molecule has 1 saturated heterocycles. The Morgan fingerprint density at radius 2 is 1.88 bits per heavy atom. The van der Waals surface area contributed by atoms with Gasteiger partial charge in [-0.2, -0.15) is 4.31 Å². The average molecular weight is 472 g/mol. The molecule has 0 spiro atoms. The van der Waals surface area contributed by atoms with Gasteiger partial charge in [0.2, 0.25) is 21.8 Å². The summed E-state index contributed by atoms with van der Waals surface area (Å²) in [7, 11) is -3.87. The standard InChI is InChI=1S/C24H29N3O5S/c1-4-32-20-9-7-19(8-10-20)25-24(29)23-6-5-13-26(23)33(30,31)21-11-12-22-18(15-21)14-16(2)27(22)17(3)28/h7-12,15-16,23H,4-6,13-14H2,1-3H3,(H,25,29)/t16-,23-/m1/s1. The van der Waals surface area contributed by atoms with E-state index in [4.69, 9.17) is 4.74 Å². The lowest BCUT2D eigenvalue weighted by atomic mass is 10.1. The third-order valence-corrected chi connectivity index (χ3v) is 8.06. The molecule has 2 aromatic carbocycles. The maximum absolute atomic E-state index is 13.5. The van der Waals surface area contributed by atoms with Crippen LogP contribution in [0.3, 0.4) is 0 Å². The van der Waals surface area contributed by atoms with Crippen LogP contribution >= 0.6 is 0 Å². The molecule has 2 amide bonds. The number of rotatable bonds is 6. The Kier molecular flexibility index (Phi) is 6.45. The lowest BCUT2D eigenvalue weighted by molar-refractivity contribution is -0.119. The molecule has 0 bridgehead atoms. The Morgan fingerprint density at radius 1 is 1.15 bits per heavy atom. The molecule has 4 rings (SSSR count). The molecule has 0 unspecified atom stereocenters. The van der Waals surface area contributed by atoms with Gasteiger partial charge in [-0.05, 0) is 81.1 Å². The monoisotopic (exact) mass is 471 g/mol. The molecule has 2 heterocycles. The summed E-state index contributed by atoms with van der Waals surface area (Å²) < 4.78 is 33.6. The van der Waals surface area contributed by atoms with Crippen molar-refractivity contribution in [2.75, 3.05) is 23.4 Å². The lowest BCUT2D eigenvalue weighted by Crippen LogP contribution is -2.43. The van der Waals surface area contributed by atoms with Crippen molar-refractivity contribution in [3.05, 3.63) is 48.0 Å². The zero-order chi connectivity index (χ0) is 23.8. The Bertz CT molecular complexity index is 1160. The van der Waals surface area contributed by atoms with Gasteiger partial charge in [-0.25, -0.2) is 8.42 Å². The Balaban J connectivity index is 1.53. The van der Waals surface area contributed by atoms with Crippen LogP contribution in [-0.4, -0.2) is 49.8 Å². The van der Waals surface area contributed by atoms with Gasteiger partial charge in [0, 0.05) is 30.9 Å². The third kappa shape index (κ3) is 4.47. The largest absolute Gasteiger partial charge is 0.494 e. The van der Waals surface area contributed by atoms with Gasteiger partial charge in [0.05, 0.1) is 11.5 Å². The molecule has 1 N–H and O–H groups in total. The van der Waals surface area contributed by atoms with Gasteiger partial charge in [-0.1, -0.05) is 0 Å². The van der Waals surface area contributed by atoms with E-state index >= 15 is 0 Å². The van der Waals surface area contributed by atoms with E-state index in [-0.39, 0.29) is 29.3 Å². The average Bonchev–Trinajstić information content (AvgIpc) is 3.39. The highest BCUT2D eigenvalue weighted by Gasteiger charge is 2.40. The van der Waals surface area contributed by atoms with Gasteiger partial charge in [-0.15, -0.1) is 0 Å². The fourth-order valence-corrected chi connectivity index (χ4v) is 6.41. The van der Waals surface area contributed by atoms with Crippen molar-refractivity contribution in [1.29, 1.82) is 0 Å². The van der Waals surface area contributed by atoms with E-state index in [0.717, 1.165) is 11.3 Å². The molecule has 2 aliphatic rings. The molecule has 33 heavy (non-hydrogen) atoms. The zero-order valence-electron chi connectivity index (χ0n) is 19.1. The van der Waals surface area contributed by atoms with Crippen LogP contribution in [-0.2, 0) is 26.0 Å². The highest BCUT2D eigenvalue weighted by atomic mass is 32.2. The first-order valence-electron chi connectivity index (χ1n) is 11.2. The molecule has 1 fully saturated rings. The second-order valence-electron chi connectivity index (χ2n) is 8.45. The maximum atomic E-state index is 13.5. The van der Waals surface area contributed by atoms with E-state index in [2.05, 4.69) is 5.32 Å². The zero-order valence-corrected chi connectivity index (χ0v) is 19.9. The first-order valence-corrected chi connectivity index (χ1v) is 12.6. The van der Waals surface area contributed by atoms with Gasteiger partial charge in [0.25, 0.3) is 0 Å². The number of fused-ring (bicyclic) bond motifs is 1. The fourth-order valence-electron chi connectivity index (χ4n) is 4.70. The van der Waals surface area contributed by atoms with Gasteiger partial charge in [0.1, 0.15) is 11.8 Å². The highest BCUT2D eigenvalue weighted by molar-refractivity contribution is 7.89. The van der Waals surface area contributed by atoms with E-state index in [1.807, 2.05) is 13.8 Å². The molecule has 9 heteroatoms. The van der Waals surface area contributed by atoms with Crippen molar-refractivity contribution >= 4 is 33.2 Å². The predicted molar refractivity (Wildman–Crippen MR) is 126 cm³/mol. The minimum Gasteiger partial charge on any atom is -0.494 e. The molecule has 2 aliphatic heterocycles. The number of anilines is 2. The molecule has 0 aliphatic carbocycles. The molecule has 2 aromatic rings. The van der Waals surface area contributed by atoms with Crippen LogP contribution in [0.1, 0.15) is 39.2 Å². The fraction of sp³-hybridized carbons (Fsp3) is 0.417. The molecule has 176 valence electrons. The summed E-state index contributed by atoms with van der Waals surface area (Å²) in [6.07, 6.45) is 1.67. The van der Waals surface area contributed by atoms with Crippen molar-refractivity contribution in [3.8, 4) is 5.75 Å². The number of benzene rings is 2. The number of hydrogen-bond donors (Lipinski definition) is 1. The summed E-state index contributed by atoms with van der Waals surface area (Å²) in [6.45, 7) is 6.18. The maximum Gasteiger partial charge on any atom is 0.243 e. The van der Waals surface area contributed by atoms with Gasteiger partial charge in [0.15, 0.2) is 0 Å². The number of nitrogens with one attached hydrogen (secondary N) is 1. The van der Waals surface area contributed by atoms with Crippen LogP contribution < -0.4 is 15.0 Å². The van der Waals surface area contributed by atoms with Gasteiger partial charge >= 0.3 is 0 Å².